The van der Waals surface area contributed by atoms with Crippen LogP contribution >= 0.6 is 0 Å². The van der Waals surface area contributed by atoms with Gasteiger partial charge in [-0.15, -0.1) is 0 Å². The second-order valence-electron chi connectivity index (χ2n) is 8.25. The first kappa shape index (κ1) is 21.7. The molecule has 0 spiro atoms. The third-order valence-corrected chi connectivity index (χ3v) is 5.83. The second kappa shape index (κ2) is 9.34. The maximum Gasteiger partial charge on any atom is 0.276 e. The number of carbonyl (C=O) groups excluding carboxylic acids is 2. The Morgan fingerprint density at radius 1 is 1.12 bits per heavy atom. The Hall–Kier alpha value is -3.48. The number of piperidine rings is 1. The van der Waals surface area contributed by atoms with Crippen LogP contribution in [0.4, 0.5) is 4.39 Å². The molecule has 32 heavy (non-hydrogen) atoms. The van der Waals surface area contributed by atoms with Gasteiger partial charge in [-0.3, -0.25) is 9.59 Å². The minimum absolute atomic E-state index is 0.194. The van der Waals surface area contributed by atoms with E-state index in [0.717, 1.165) is 35.1 Å². The highest BCUT2D eigenvalue weighted by Gasteiger charge is 2.34. The van der Waals surface area contributed by atoms with Gasteiger partial charge in [-0.2, -0.15) is 0 Å². The van der Waals surface area contributed by atoms with Crippen LogP contribution in [0.5, 0.6) is 0 Å². The molecular formula is C25H26FN3O3. The van der Waals surface area contributed by atoms with Gasteiger partial charge in [0.15, 0.2) is 11.5 Å². The smallest absolute Gasteiger partial charge is 0.276 e. The lowest BCUT2D eigenvalue weighted by atomic mass is 10.00. The molecule has 1 fully saturated rings. The van der Waals surface area contributed by atoms with Crippen molar-refractivity contribution in [1.29, 1.82) is 0 Å². The zero-order valence-electron chi connectivity index (χ0n) is 18.2. The summed E-state index contributed by atoms with van der Waals surface area (Å²) in [4.78, 5) is 27.7. The first-order valence-corrected chi connectivity index (χ1v) is 10.8. The summed E-state index contributed by atoms with van der Waals surface area (Å²) in [5, 5.41) is 6.87. The van der Waals surface area contributed by atoms with Gasteiger partial charge in [-0.1, -0.05) is 35.0 Å². The molecule has 2 heterocycles. The molecule has 0 aliphatic carbocycles. The van der Waals surface area contributed by atoms with Crippen LogP contribution in [0.25, 0.3) is 11.3 Å². The van der Waals surface area contributed by atoms with Crippen LogP contribution in [0.15, 0.2) is 53.1 Å². The predicted octanol–water partition coefficient (Wildman–Crippen LogP) is 4.41. The van der Waals surface area contributed by atoms with Gasteiger partial charge in [-0.25, -0.2) is 4.39 Å². The van der Waals surface area contributed by atoms with Gasteiger partial charge >= 0.3 is 0 Å². The van der Waals surface area contributed by atoms with E-state index in [4.69, 9.17) is 4.52 Å². The molecule has 1 aromatic heterocycles. The van der Waals surface area contributed by atoms with Crippen molar-refractivity contribution in [3.05, 3.63) is 76.7 Å². The average Bonchev–Trinajstić information content (AvgIpc) is 3.29. The van der Waals surface area contributed by atoms with Crippen LogP contribution in [-0.2, 0) is 11.3 Å². The molecule has 1 N–H and O–H groups in total. The lowest BCUT2D eigenvalue weighted by molar-refractivity contribution is -0.126. The first-order chi connectivity index (χ1) is 15.4. The molecule has 0 radical (unpaired) electrons. The van der Waals surface area contributed by atoms with Crippen LogP contribution in [0, 0.1) is 19.7 Å². The molecule has 1 atom stereocenters. The Balaban J connectivity index is 1.48. The van der Waals surface area contributed by atoms with Gasteiger partial charge < -0.3 is 14.7 Å². The van der Waals surface area contributed by atoms with E-state index in [0.29, 0.717) is 18.7 Å². The third-order valence-electron chi connectivity index (χ3n) is 5.83. The Kier molecular flexibility index (Phi) is 6.35. The number of likely N-dealkylation sites (tertiary alicyclic amines) is 1. The maximum absolute atomic E-state index is 13.2. The Bertz CT molecular complexity index is 1120. The van der Waals surface area contributed by atoms with Gasteiger partial charge in [0.1, 0.15) is 11.9 Å². The molecule has 7 heteroatoms. The number of benzene rings is 2. The highest BCUT2D eigenvalue weighted by Crippen LogP contribution is 2.27. The summed E-state index contributed by atoms with van der Waals surface area (Å²) in [5.41, 5.74) is 4.00. The van der Waals surface area contributed by atoms with E-state index < -0.39 is 6.04 Å². The Morgan fingerprint density at radius 3 is 2.69 bits per heavy atom. The number of hydrogen-bond acceptors (Lipinski definition) is 4. The summed E-state index contributed by atoms with van der Waals surface area (Å²) in [5.74, 6) is -0.326. The molecule has 1 aliphatic heterocycles. The maximum atomic E-state index is 13.2. The number of amides is 2. The van der Waals surface area contributed by atoms with Crippen molar-refractivity contribution in [2.75, 3.05) is 6.54 Å². The number of halogens is 1. The fourth-order valence-corrected chi connectivity index (χ4v) is 4.01. The Labute approximate surface area is 186 Å². The molecule has 2 aromatic carbocycles. The summed E-state index contributed by atoms with van der Waals surface area (Å²) >= 11 is 0. The van der Waals surface area contributed by atoms with E-state index in [2.05, 4.69) is 10.5 Å². The zero-order valence-corrected chi connectivity index (χ0v) is 18.2. The topological polar surface area (TPSA) is 75.4 Å². The first-order valence-electron chi connectivity index (χ1n) is 10.8. The molecule has 1 unspecified atom stereocenters. The number of aromatic nitrogens is 1. The van der Waals surface area contributed by atoms with E-state index in [1.807, 2.05) is 32.0 Å². The van der Waals surface area contributed by atoms with Crippen LogP contribution in [0.1, 0.15) is 46.4 Å². The number of hydrogen-bond donors (Lipinski definition) is 1. The Morgan fingerprint density at radius 2 is 1.91 bits per heavy atom. The van der Waals surface area contributed by atoms with E-state index in [9.17, 15) is 14.0 Å². The molecule has 6 nitrogen and oxygen atoms in total. The summed E-state index contributed by atoms with van der Waals surface area (Å²) in [6, 6.07) is 13.1. The number of nitrogens with one attached hydrogen (secondary N) is 1. The lowest BCUT2D eigenvalue weighted by Gasteiger charge is -2.34. The van der Waals surface area contributed by atoms with E-state index in [-0.39, 0.29) is 29.9 Å². The van der Waals surface area contributed by atoms with Crippen molar-refractivity contribution in [2.45, 2.75) is 45.7 Å². The highest BCUT2D eigenvalue weighted by atomic mass is 19.1. The SMILES string of the molecule is Cc1ccc(C)c(-c2cc(C(=O)N3CCCCC3C(=O)NCc3ccc(F)cc3)no2)c1. The minimum atomic E-state index is -0.572. The second-order valence-corrected chi connectivity index (χ2v) is 8.25. The minimum Gasteiger partial charge on any atom is -0.355 e. The largest absolute Gasteiger partial charge is 0.355 e. The molecule has 4 rings (SSSR count). The number of aryl methyl sites for hydroxylation is 2. The quantitative estimate of drug-likeness (QED) is 0.644. The monoisotopic (exact) mass is 435 g/mol. The molecule has 2 amide bonds. The van der Waals surface area contributed by atoms with Crippen LogP contribution in [-0.4, -0.2) is 34.5 Å². The van der Waals surface area contributed by atoms with Crippen LogP contribution in [0.2, 0.25) is 0 Å². The fraction of sp³-hybridized carbons (Fsp3) is 0.320. The predicted molar refractivity (Wildman–Crippen MR) is 118 cm³/mol. The summed E-state index contributed by atoms with van der Waals surface area (Å²) in [7, 11) is 0. The molecule has 0 bridgehead atoms. The van der Waals surface area contributed by atoms with E-state index in [1.54, 1.807) is 23.1 Å². The van der Waals surface area contributed by atoms with Crippen molar-refractivity contribution >= 4 is 11.8 Å². The van der Waals surface area contributed by atoms with Gasteiger partial charge in [0.2, 0.25) is 5.91 Å². The fourth-order valence-electron chi connectivity index (χ4n) is 4.01. The van der Waals surface area contributed by atoms with Crippen molar-refractivity contribution in [2.24, 2.45) is 0 Å². The normalized spacial score (nSPS) is 16.1. The van der Waals surface area contributed by atoms with Crippen molar-refractivity contribution < 1.29 is 18.5 Å². The highest BCUT2D eigenvalue weighted by molar-refractivity contribution is 5.97. The molecule has 1 aliphatic rings. The standard InChI is InChI=1S/C25H26FN3O3/c1-16-6-7-17(2)20(13-16)23-14-21(28-32-23)25(31)29-12-4-3-5-22(29)24(30)27-15-18-8-10-19(26)11-9-18/h6-11,13-14,22H,3-5,12,15H2,1-2H3,(H,27,30). The number of nitrogens with zero attached hydrogens (tertiary/aromatic N) is 2. The number of rotatable bonds is 5. The molecule has 3 aromatic rings. The summed E-state index contributed by atoms with van der Waals surface area (Å²) in [6.45, 7) is 4.73. The lowest BCUT2D eigenvalue weighted by Crippen LogP contribution is -2.51. The van der Waals surface area contributed by atoms with Crippen molar-refractivity contribution in [3.8, 4) is 11.3 Å². The van der Waals surface area contributed by atoms with Crippen molar-refractivity contribution in [3.63, 3.8) is 0 Å². The summed E-state index contributed by atoms with van der Waals surface area (Å²) < 4.78 is 18.6. The van der Waals surface area contributed by atoms with Gasteiger partial charge in [0.25, 0.3) is 5.91 Å². The zero-order chi connectivity index (χ0) is 22.7. The third kappa shape index (κ3) is 4.72. The molecule has 0 saturated carbocycles. The van der Waals surface area contributed by atoms with Crippen LogP contribution in [0.3, 0.4) is 0 Å². The molecule has 1 saturated heterocycles. The summed E-state index contributed by atoms with van der Waals surface area (Å²) in [6.07, 6.45) is 2.28. The van der Waals surface area contributed by atoms with E-state index >= 15 is 0 Å². The molecule has 166 valence electrons. The van der Waals surface area contributed by atoms with Crippen molar-refractivity contribution in [1.82, 2.24) is 15.4 Å². The molecular weight excluding hydrogens is 409 g/mol. The van der Waals surface area contributed by atoms with Gasteiger partial charge in [0, 0.05) is 24.7 Å². The number of carbonyl (C=O) groups is 2. The average molecular weight is 435 g/mol. The van der Waals surface area contributed by atoms with Gasteiger partial charge in [-0.05, 0) is 62.4 Å². The van der Waals surface area contributed by atoms with E-state index in [1.165, 1.54) is 12.1 Å². The van der Waals surface area contributed by atoms with Gasteiger partial charge in [0.05, 0.1) is 0 Å². The van der Waals surface area contributed by atoms with Crippen LogP contribution < -0.4 is 5.32 Å².